The molecule has 11 heteroatoms. The lowest BCUT2D eigenvalue weighted by atomic mass is 10.2. The Bertz CT molecular complexity index is 1050. The predicted molar refractivity (Wildman–Crippen MR) is 114 cm³/mol. The van der Waals surface area contributed by atoms with Gasteiger partial charge in [0.05, 0.1) is 24.2 Å². The van der Waals surface area contributed by atoms with Crippen LogP contribution >= 0.6 is 45.9 Å². The number of methoxy groups -OCH3 is 2. The molecule has 0 fully saturated rings. The minimum absolute atomic E-state index is 0.241. The molecule has 2 heterocycles. The Labute approximate surface area is 184 Å². The molecule has 3 rings (SSSR count). The third kappa shape index (κ3) is 5.18. The molecule has 1 aromatic carbocycles. The van der Waals surface area contributed by atoms with E-state index in [-0.39, 0.29) is 12.4 Å². The molecule has 1 amide bonds. The molecule has 0 aliphatic carbocycles. The molecule has 0 aliphatic heterocycles. The maximum absolute atomic E-state index is 12.6. The van der Waals surface area contributed by atoms with Gasteiger partial charge >= 0.3 is 5.97 Å². The number of aromatic nitrogens is 1. The first-order chi connectivity index (χ1) is 13.9. The zero-order valence-electron chi connectivity index (χ0n) is 15.2. The van der Waals surface area contributed by atoms with Crippen molar-refractivity contribution < 1.29 is 23.8 Å². The number of nitrogens with zero attached hydrogens (tertiary/aromatic N) is 1. The summed E-state index contributed by atoms with van der Waals surface area (Å²) in [7, 11) is 2.71. The minimum atomic E-state index is -0.551. The summed E-state index contributed by atoms with van der Waals surface area (Å²) < 4.78 is 16.2. The van der Waals surface area contributed by atoms with Crippen molar-refractivity contribution in [2.45, 2.75) is 0 Å². The zero-order valence-corrected chi connectivity index (χ0v) is 18.3. The quantitative estimate of drug-likeness (QED) is 0.487. The Kier molecular flexibility index (Phi) is 6.96. The Balaban J connectivity index is 1.75. The fourth-order valence-electron chi connectivity index (χ4n) is 2.27. The van der Waals surface area contributed by atoms with E-state index in [4.69, 9.17) is 32.7 Å². The Morgan fingerprint density at radius 3 is 2.62 bits per heavy atom. The van der Waals surface area contributed by atoms with E-state index in [0.29, 0.717) is 36.4 Å². The summed E-state index contributed by atoms with van der Waals surface area (Å²) >= 11 is 14.6. The normalized spacial score (nSPS) is 10.5. The summed E-state index contributed by atoms with van der Waals surface area (Å²) in [4.78, 5) is 28.3. The van der Waals surface area contributed by atoms with Crippen LogP contribution in [0.25, 0.3) is 11.3 Å². The lowest BCUT2D eigenvalue weighted by Crippen LogP contribution is -2.15. The average molecular weight is 473 g/mol. The molecule has 2 aromatic heterocycles. The van der Waals surface area contributed by atoms with Gasteiger partial charge in [0.15, 0.2) is 23.2 Å². The number of carbonyl (C=O) groups is 2. The van der Waals surface area contributed by atoms with Crippen molar-refractivity contribution in [3.8, 4) is 22.8 Å². The number of anilines is 1. The van der Waals surface area contributed by atoms with Gasteiger partial charge < -0.3 is 14.2 Å². The monoisotopic (exact) mass is 472 g/mol. The summed E-state index contributed by atoms with van der Waals surface area (Å²) in [6.07, 6.45) is 0. The number of benzene rings is 1. The number of hydrogen-bond donors (Lipinski definition) is 1. The molecular weight excluding hydrogens is 459 g/mol. The van der Waals surface area contributed by atoms with Crippen LogP contribution in [-0.4, -0.2) is 37.7 Å². The van der Waals surface area contributed by atoms with E-state index in [2.05, 4.69) is 15.0 Å². The first kappa shape index (κ1) is 21.4. The topological polar surface area (TPSA) is 86.8 Å². The first-order valence-electron chi connectivity index (χ1n) is 8.01. The van der Waals surface area contributed by atoms with E-state index in [1.807, 2.05) is 0 Å². The van der Waals surface area contributed by atoms with E-state index in [1.54, 1.807) is 23.6 Å². The van der Waals surface area contributed by atoms with E-state index < -0.39 is 11.9 Å². The van der Waals surface area contributed by atoms with Crippen molar-refractivity contribution >= 4 is 62.9 Å². The van der Waals surface area contributed by atoms with Gasteiger partial charge in [-0.2, -0.15) is 0 Å². The van der Waals surface area contributed by atoms with E-state index in [9.17, 15) is 9.59 Å². The van der Waals surface area contributed by atoms with E-state index in [0.717, 1.165) is 0 Å². The van der Waals surface area contributed by atoms with Crippen LogP contribution in [0.5, 0.6) is 11.5 Å². The van der Waals surface area contributed by atoms with Gasteiger partial charge in [-0.25, -0.2) is 9.78 Å². The van der Waals surface area contributed by atoms with Crippen LogP contribution in [0.15, 0.2) is 29.6 Å². The van der Waals surface area contributed by atoms with Gasteiger partial charge in [-0.3, -0.25) is 10.1 Å². The predicted octanol–water partition coefficient (Wildman–Crippen LogP) is 4.99. The Morgan fingerprint density at radius 2 is 1.97 bits per heavy atom. The van der Waals surface area contributed by atoms with Crippen LogP contribution in [0, 0.1) is 0 Å². The van der Waals surface area contributed by atoms with Crippen LogP contribution in [0.4, 0.5) is 5.13 Å². The fourth-order valence-corrected chi connectivity index (χ4v) is 4.45. The Morgan fingerprint density at radius 1 is 1.17 bits per heavy atom. The highest BCUT2D eigenvalue weighted by molar-refractivity contribution is 7.20. The van der Waals surface area contributed by atoms with Crippen LogP contribution in [-0.2, 0) is 9.53 Å². The third-order valence-corrected chi connectivity index (χ3v) is 5.90. The zero-order chi connectivity index (χ0) is 21.0. The molecule has 7 nitrogen and oxygen atoms in total. The van der Waals surface area contributed by atoms with Crippen molar-refractivity contribution in [1.29, 1.82) is 0 Å². The smallest absolute Gasteiger partial charge is 0.343 e. The van der Waals surface area contributed by atoms with Gasteiger partial charge in [-0.15, -0.1) is 22.7 Å². The van der Waals surface area contributed by atoms with Gasteiger partial charge in [0.1, 0.15) is 4.34 Å². The van der Waals surface area contributed by atoms with E-state index >= 15 is 0 Å². The molecular formula is C18H14Cl2N2O5S2. The molecule has 0 radical (unpaired) electrons. The largest absolute Gasteiger partial charge is 0.493 e. The first-order valence-corrected chi connectivity index (χ1v) is 10.5. The fraction of sp³-hybridized carbons (Fsp3) is 0.167. The van der Waals surface area contributed by atoms with E-state index in [1.165, 1.54) is 43.0 Å². The second kappa shape index (κ2) is 9.45. The molecule has 0 unspecified atom stereocenters. The minimum Gasteiger partial charge on any atom is -0.493 e. The number of hydrogen-bond acceptors (Lipinski definition) is 8. The van der Waals surface area contributed by atoms with Crippen molar-refractivity contribution in [1.82, 2.24) is 4.98 Å². The van der Waals surface area contributed by atoms with Crippen molar-refractivity contribution in [3.63, 3.8) is 0 Å². The van der Waals surface area contributed by atoms with Gasteiger partial charge in [0, 0.05) is 16.5 Å². The number of ether oxygens (including phenoxy) is 3. The summed E-state index contributed by atoms with van der Waals surface area (Å²) in [5.41, 5.74) is 1.63. The molecule has 3 aromatic rings. The second-order valence-corrected chi connectivity index (χ2v) is 8.60. The highest BCUT2D eigenvalue weighted by atomic mass is 35.5. The number of halogens is 2. The van der Waals surface area contributed by atoms with Crippen LogP contribution in [0.2, 0.25) is 8.67 Å². The molecule has 0 saturated heterocycles. The molecule has 0 spiro atoms. The molecule has 0 aliphatic rings. The maximum atomic E-state index is 12.6. The number of thiazole rings is 1. The maximum Gasteiger partial charge on any atom is 0.343 e. The van der Waals surface area contributed by atoms with Gasteiger partial charge in [-0.05, 0) is 24.3 Å². The van der Waals surface area contributed by atoms with Crippen molar-refractivity contribution in [3.05, 3.63) is 43.9 Å². The number of rotatable bonds is 7. The van der Waals surface area contributed by atoms with Gasteiger partial charge in [0.2, 0.25) is 0 Å². The number of carbonyl (C=O) groups excluding carboxylic acids is 2. The number of thiophene rings is 1. The average Bonchev–Trinajstić information content (AvgIpc) is 3.30. The highest BCUT2D eigenvalue weighted by Crippen LogP contribution is 2.39. The SMILES string of the molecule is COC(=O)COc1cc(C(=O)Nc2nc(-c3cc(Cl)sc3Cl)cs2)ccc1OC. The summed E-state index contributed by atoms with van der Waals surface area (Å²) in [6.45, 7) is -0.308. The number of nitrogens with one attached hydrogen (secondary N) is 1. The number of esters is 1. The van der Waals surface area contributed by atoms with Crippen molar-refractivity contribution in [2.75, 3.05) is 26.1 Å². The molecule has 1 N–H and O–H groups in total. The van der Waals surface area contributed by atoms with Gasteiger partial charge in [0.25, 0.3) is 5.91 Å². The lowest BCUT2D eigenvalue weighted by molar-refractivity contribution is -0.142. The van der Waals surface area contributed by atoms with Crippen LogP contribution in [0.1, 0.15) is 10.4 Å². The molecule has 0 atom stereocenters. The van der Waals surface area contributed by atoms with Crippen LogP contribution < -0.4 is 14.8 Å². The number of amides is 1. The van der Waals surface area contributed by atoms with Crippen molar-refractivity contribution in [2.24, 2.45) is 0 Å². The highest BCUT2D eigenvalue weighted by Gasteiger charge is 2.16. The van der Waals surface area contributed by atoms with Gasteiger partial charge in [-0.1, -0.05) is 23.2 Å². The summed E-state index contributed by atoms with van der Waals surface area (Å²) in [6, 6.07) is 6.34. The van der Waals surface area contributed by atoms with Crippen LogP contribution in [0.3, 0.4) is 0 Å². The lowest BCUT2D eigenvalue weighted by Gasteiger charge is -2.11. The summed E-state index contributed by atoms with van der Waals surface area (Å²) in [5, 5.41) is 4.90. The Hall–Kier alpha value is -2.33. The molecule has 29 heavy (non-hydrogen) atoms. The second-order valence-electron chi connectivity index (χ2n) is 5.46. The standard InChI is InChI=1S/C18H14Cl2N2O5S2/c1-25-12-4-3-9(5-13(12)27-7-15(23)26-2)17(24)22-18-21-11(8-28-18)10-6-14(19)29-16(10)20/h3-6,8H,7H2,1-2H3,(H,21,22,24). The summed E-state index contributed by atoms with van der Waals surface area (Å²) in [5.74, 6) is -0.327. The molecule has 152 valence electrons. The molecule has 0 saturated carbocycles. The third-order valence-electron chi connectivity index (χ3n) is 3.66. The molecule has 0 bridgehead atoms.